The van der Waals surface area contributed by atoms with E-state index in [1.165, 1.54) is 37.7 Å². The molecule has 0 aliphatic carbocycles. The number of hydrogen-bond acceptors (Lipinski definition) is 5. The zero-order chi connectivity index (χ0) is 27.6. The number of benzene rings is 3. The van der Waals surface area contributed by atoms with Crippen molar-refractivity contribution < 1.29 is 0 Å². The molecule has 2 heterocycles. The van der Waals surface area contributed by atoms with E-state index in [2.05, 4.69) is 70.0 Å². The molecule has 5 rings (SSSR count). The summed E-state index contributed by atoms with van der Waals surface area (Å²) in [5.41, 5.74) is 5.24. The third-order valence-corrected chi connectivity index (χ3v) is 7.33. The second kappa shape index (κ2) is 13.6. The van der Waals surface area contributed by atoms with Crippen LogP contribution in [0.25, 0.3) is 22.5 Å². The lowest BCUT2D eigenvalue weighted by Crippen LogP contribution is -2.26. The summed E-state index contributed by atoms with van der Waals surface area (Å²) in [4.78, 5) is 13.5. The molecule has 40 heavy (non-hydrogen) atoms. The molecule has 206 valence electrons. The molecular formula is C32H37N7O. The van der Waals surface area contributed by atoms with Gasteiger partial charge in [-0.3, -0.25) is 4.57 Å². The number of nitrogens with one attached hydrogen (secondary N) is 1. The minimum Gasteiger partial charge on any atom is -0.274 e. The number of hydrogen-bond donors (Lipinski definition) is 1. The van der Waals surface area contributed by atoms with Gasteiger partial charge < -0.3 is 0 Å². The van der Waals surface area contributed by atoms with Crippen LogP contribution in [0.5, 0.6) is 0 Å². The highest BCUT2D eigenvalue weighted by Gasteiger charge is 2.15. The molecule has 8 nitrogen and oxygen atoms in total. The molecule has 0 aliphatic rings. The van der Waals surface area contributed by atoms with E-state index in [-0.39, 0.29) is 5.69 Å². The Morgan fingerprint density at radius 3 is 2.23 bits per heavy atom. The molecule has 0 saturated heterocycles. The second-order valence-corrected chi connectivity index (χ2v) is 10.2. The number of aryl methyl sites for hydroxylation is 3. The molecule has 2 aromatic heterocycles. The maximum atomic E-state index is 13.5. The van der Waals surface area contributed by atoms with Gasteiger partial charge in [-0.05, 0) is 40.3 Å². The fraction of sp³-hybridized carbons (Fsp3) is 0.344. The Labute approximate surface area is 235 Å². The number of unbranched alkanes of at least 4 members (excludes halogenated alkanes) is 5. The molecule has 0 atom stereocenters. The van der Waals surface area contributed by atoms with Crippen molar-refractivity contribution >= 4 is 0 Å². The Morgan fingerprint density at radius 1 is 0.750 bits per heavy atom. The summed E-state index contributed by atoms with van der Waals surface area (Å²) in [7, 11) is 0. The van der Waals surface area contributed by atoms with Crippen molar-refractivity contribution in [3.8, 4) is 22.5 Å². The first-order chi connectivity index (χ1) is 19.7. The Kier molecular flexibility index (Phi) is 9.29. The molecule has 0 saturated carbocycles. The van der Waals surface area contributed by atoms with Crippen molar-refractivity contribution in [2.45, 2.75) is 71.4 Å². The quantitative estimate of drug-likeness (QED) is 0.174. The molecular weight excluding hydrogens is 498 g/mol. The summed E-state index contributed by atoms with van der Waals surface area (Å²) in [6.07, 6.45) is 8.85. The summed E-state index contributed by atoms with van der Waals surface area (Å²) in [5, 5.41) is 19.3. The molecule has 0 fully saturated rings. The van der Waals surface area contributed by atoms with E-state index in [1.807, 2.05) is 41.0 Å². The van der Waals surface area contributed by atoms with E-state index in [4.69, 9.17) is 5.10 Å². The lowest BCUT2D eigenvalue weighted by atomic mass is 9.98. The molecule has 0 unspecified atom stereocenters. The maximum absolute atomic E-state index is 13.5. The highest BCUT2D eigenvalue weighted by molar-refractivity contribution is 5.80. The number of tetrazole rings is 1. The van der Waals surface area contributed by atoms with Gasteiger partial charge in [-0.15, -0.1) is 10.2 Å². The van der Waals surface area contributed by atoms with Crippen molar-refractivity contribution in [2.75, 3.05) is 0 Å². The van der Waals surface area contributed by atoms with Crippen molar-refractivity contribution in [1.29, 1.82) is 0 Å². The van der Waals surface area contributed by atoms with Crippen LogP contribution in [0, 0.1) is 0 Å². The second-order valence-electron chi connectivity index (χ2n) is 10.2. The molecule has 0 bridgehead atoms. The van der Waals surface area contributed by atoms with Crippen LogP contribution < -0.4 is 5.69 Å². The van der Waals surface area contributed by atoms with Gasteiger partial charge in [-0.2, -0.15) is 10.3 Å². The Bertz CT molecular complexity index is 1520. The number of H-pyrrole nitrogens is 1. The SMILES string of the molecule is CCCCCCCCc1nn(CCc2ccccc2)c(=O)n1Cc1ccc(-c2ccccc2-c2nn[nH]n2)cc1. The van der Waals surface area contributed by atoms with E-state index < -0.39 is 0 Å². The third kappa shape index (κ3) is 6.81. The normalized spacial score (nSPS) is 11.2. The summed E-state index contributed by atoms with van der Waals surface area (Å²) < 4.78 is 3.51. The van der Waals surface area contributed by atoms with Crippen LogP contribution in [-0.4, -0.2) is 35.0 Å². The molecule has 1 N–H and O–H groups in total. The molecule has 8 heteroatoms. The van der Waals surface area contributed by atoms with Gasteiger partial charge in [-0.25, -0.2) is 9.48 Å². The minimum absolute atomic E-state index is 0.0385. The van der Waals surface area contributed by atoms with E-state index in [0.717, 1.165) is 47.3 Å². The minimum atomic E-state index is -0.0385. The van der Waals surface area contributed by atoms with Gasteiger partial charge in [0.05, 0.1) is 13.1 Å². The molecule has 0 aliphatic heterocycles. The molecule has 0 amide bonds. The van der Waals surface area contributed by atoms with Crippen LogP contribution in [0.15, 0.2) is 83.7 Å². The zero-order valence-corrected chi connectivity index (χ0v) is 23.2. The summed E-state index contributed by atoms with van der Waals surface area (Å²) in [5.74, 6) is 1.44. The predicted octanol–water partition coefficient (Wildman–Crippen LogP) is 6.09. The maximum Gasteiger partial charge on any atom is 0.346 e. The highest BCUT2D eigenvalue weighted by atomic mass is 16.2. The van der Waals surface area contributed by atoms with Gasteiger partial charge in [0.1, 0.15) is 5.82 Å². The third-order valence-electron chi connectivity index (χ3n) is 7.33. The zero-order valence-electron chi connectivity index (χ0n) is 23.2. The van der Waals surface area contributed by atoms with Gasteiger partial charge in [-0.1, -0.05) is 118 Å². The monoisotopic (exact) mass is 535 g/mol. The fourth-order valence-corrected chi connectivity index (χ4v) is 5.10. The highest BCUT2D eigenvalue weighted by Crippen LogP contribution is 2.29. The lowest BCUT2D eigenvalue weighted by Gasteiger charge is -2.09. The predicted molar refractivity (Wildman–Crippen MR) is 158 cm³/mol. The lowest BCUT2D eigenvalue weighted by molar-refractivity contribution is 0.575. The van der Waals surface area contributed by atoms with E-state index >= 15 is 0 Å². The topological polar surface area (TPSA) is 94.3 Å². The average Bonchev–Trinajstić information content (AvgIpc) is 3.64. The van der Waals surface area contributed by atoms with Crippen molar-refractivity contribution in [3.63, 3.8) is 0 Å². The van der Waals surface area contributed by atoms with E-state index in [1.54, 1.807) is 4.68 Å². The van der Waals surface area contributed by atoms with Gasteiger partial charge in [0.15, 0.2) is 0 Å². The standard InChI is InChI=1S/C32H37N7O/c1-2-3-4-5-6-10-17-30-35-39(23-22-25-13-8-7-9-14-25)32(40)38(30)24-26-18-20-27(21-19-26)28-15-11-12-16-29(28)31-33-36-37-34-31/h7-9,11-16,18-21H,2-6,10,17,22-24H2,1H3,(H,33,34,36,37). The van der Waals surface area contributed by atoms with Crippen LogP contribution in [0.3, 0.4) is 0 Å². The van der Waals surface area contributed by atoms with E-state index in [9.17, 15) is 4.79 Å². The Balaban J connectivity index is 1.34. The van der Waals surface area contributed by atoms with E-state index in [0.29, 0.717) is 18.9 Å². The van der Waals surface area contributed by atoms with Crippen molar-refractivity contribution in [2.24, 2.45) is 0 Å². The van der Waals surface area contributed by atoms with Crippen molar-refractivity contribution in [1.82, 2.24) is 35.0 Å². The Hall–Kier alpha value is -4.33. The Morgan fingerprint density at radius 2 is 1.48 bits per heavy atom. The van der Waals surface area contributed by atoms with Crippen LogP contribution >= 0.6 is 0 Å². The first-order valence-electron chi connectivity index (χ1n) is 14.4. The molecule has 0 radical (unpaired) electrons. The summed E-state index contributed by atoms with van der Waals surface area (Å²) in [6, 6.07) is 26.6. The van der Waals surface area contributed by atoms with Crippen LogP contribution in [0.4, 0.5) is 0 Å². The van der Waals surface area contributed by atoms with Crippen LogP contribution in [0.1, 0.15) is 62.4 Å². The smallest absolute Gasteiger partial charge is 0.274 e. The largest absolute Gasteiger partial charge is 0.346 e. The number of aromatic nitrogens is 7. The first-order valence-corrected chi connectivity index (χ1v) is 14.4. The number of aromatic amines is 1. The number of nitrogens with zero attached hydrogens (tertiary/aromatic N) is 6. The summed E-state index contributed by atoms with van der Waals surface area (Å²) >= 11 is 0. The number of rotatable bonds is 14. The van der Waals surface area contributed by atoms with Gasteiger partial charge >= 0.3 is 5.69 Å². The molecule has 5 aromatic rings. The fourth-order valence-electron chi connectivity index (χ4n) is 5.10. The van der Waals surface area contributed by atoms with Crippen LogP contribution in [-0.2, 0) is 25.9 Å². The molecule has 3 aromatic carbocycles. The van der Waals surface area contributed by atoms with Gasteiger partial charge in [0.2, 0.25) is 5.82 Å². The van der Waals surface area contributed by atoms with Crippen molar-refractivity contribution in [3.05, 3.63) is 106 Å². The van der Waals surface area contributed by atoms with Gasteiger partial charge in [0, 0.05) is 12.0 Å². The van der Waals surface area contributed by atoms with Gasteiger partial charge in [0.25, 0.3) is 0 Å². The first kappa shape index (κ1) is 27.2. The van der Waals surface area contributed by atoms with Crippen LogP contribution in [0.2, 0.25) is 0 Å². The summed E-state index contributed by atoms with van der Waals surface area (Å²) in [6.45, 7) is 3.31. The molecule has 0 spiro atoms. The average molecular weight is 536 g/mol.